The molecule has 1 heterocycles. The number of ether oxygens (including phenoxy) is 1. The van der Waals surface area contributed by atoms with Crippen LogP contribution in [0.25, 0.3) is 0 Å². The van der Waals surface area contributed by atoms with Crippen LogP contribution in [0, 0.1) is 6.92 Å². The first-order valence-corrected chi connectivity index (χ1v) is 7.58. The maximum Gasteiger partial charge on any atom is 0.317 e. The molecule has 2 amide bonds. The molecule has 5 heteroatoms. The summed E-state index contributed by atoms with van der Waals surface area (Å²) in [7, 11) is 1.70. The highest BCUT2D eigenvalue weighted by atomic mass is 16.5. The van der Waals surface area contributed by atoms with Gasteiger partial charge in [0.1, 0.15) is 5.75 Å². The molecule has 0 saturated carbocycles. The van der Waals surface area contributed by atoms with Crippen molar-refractivity contribution in [3.8, 4) is 5.75 Å². The number of piperazine rings is 1. The Morgan fingerprint density at radius 2 is 2.00 bits per heavy atom. The van der Waals surface area contributed by atoms with E-state index in [4.69, 9.17) is 4.74 Å². The molecule has 1 aromatic rings. The highest BCUT2D eigenvalue weighted by Crippen LogP contribution is 2.29. The smallest absolute Gasteiger partial charge is 0.317 e. The molecule has 1 N–H and O–H groups in total. The van der Waals surface area contributed by atoms with Crippen molar-refractivity contribution in [2.24, 2.45) is 0 Å². The average Bonchev–Trinajstić information content (AvgIpc) is 2.52. The minimum atomic E-state index is 0.0488. The Bertz CT molecular complexity index is 482. The van der Waals surface area contributed by atoms with Gasteiger partial charge >= 0.3 is 6.03 Å². The highest BCUT2D eigenvalue weighted by molar-refractivity contribution is 5.74. The number of nitrogens with zero attached hydrogens (tertiary/aromatic N) is 2. The zero-order valence-electron chi connectivity index (χ0n) is 13.2. The fourth-order valence-electron chi connectivity index (χ4n) is 2.54. The van der Waals surface area contributed by atoms with E-state index in [1.165, 1.54) is 5.56 Å². The lowest BCUT2D eigenvalue weighted by Crippen LogP contribution is -2.52. The van der Waals surface area contributed by atoms with Gasteiger partial charge in [-0.05, 0) is 31.0 Å². The van der Waals surface area contributed by atoms with E-state index in [2.05, 4.69) is 36.2 Å². The molecule has 0 aromatic heterocycles. The summed E-state index contributed by atoms with van der Waals surface area (Å²) in [4.78, 5) is 16.1. The van der Waals surface area contributed by atoms with Crippen LogP contribution < -0.4 is 15.0 Å². The van der Waals surface area contributed by atoms with Crippen molar-refractivity contribution in [1.29, 1.82) is 0 Å². The van der Waals surface area contributed by atoms with Gasteiger partial charge in [0.2, 0.25) is 0 Å². The van der Waals surface area contributed by atoms with Crippen LogP contribution in [0.2, 0.25) is 0 Å². The molecule has 0 aliphatic carbocycles. The Labute approximate surface area is 126 Å². The van der Waals surface area contributed by atoms with Crippen molar-refractivity contribution < 1.29 is 9.53 Å². The molecule has 0 atom stereocenters. The molecule has 21 heavy (non-hydrogen) atoms. The van der Waals surface area contributed by atoms with Crippen molar-refractivity contribution in [3.05, 3.63) is 23.8 Å². The van der Waals surface area contributed by atoms with E-state index in [0.29, 0.717) is 0 Å². The average molecular weight is 291 g/mol. The van der Waals surface area contributed by atoms with Crippen LogP contribution in [0.4, 0.5) is 10.5 Å². The Balaban J connectivity index is 1.98. The summed E-state index contributed by atoms with van der Waals surface area (Å²) in [5, 5.41) is 2.93. The van der Waals surface area contributed by atoms with E-state index >= 15 is 0 Å². The van der Waals surface area contributed by atoms with Crippen LogP contribution in [0.15, 0.2) is 18.2 Å². The number of aryl methyl sites for hydroxylation is 1. The van der Waals surface area contributed by atoms with E-state index in [1.54, 1.807) is 7.11 Å². The molecule has 0 bridgehead atoms. The van der Waals surface area contributed by atoms with E-state index < -0.39 is 0 Å². The van der Waals surface area contributed by atoms with Gasteiger partial charge in [-0.2, -0.15) is 0 Å². The fraction of sp³-hybridized carbons (Fsp3) is 0.562. The number of benzene rings is 1. The molecule has 1 saturated heterocycles. The van der Waals surface area contributed by atoms with Gasteiger partial charge in [0.05, 0.1) is 12.8 Å². The lowest BCUT2D eigenvalue weighted by atomic mass is 10.1. The van der Waals surface area contributed by atoms with Crippen LogP contribution in [-0.4, -0.2) is 50.8 Å². The van der Waals surface area contributed by atoms with Crippen LogP contribution in [0.3, 0.4) is 0 Å². The number of carbonyl (C=O) groups excluding carboxylic acids is 1. The number of anilines is 1. The molecular weight excluding hydrogens is 266 g/mol. The monoisotopic (exact) mass is 291 g/mol. The largest absolute Gasteiger partial charge is 0.495 e. The lowest BCUT2D eigenvalue weighted by Gasteiger charge is -2.36. The van der Waals surface area contributed by atoms with Gasteiger partial charge in [0.15, 0.2) is 0 Å². The normalized spacial score (nSPS) is 15.0. The van der Waals surface area contributed by atoms with Gasteiger partial charge in [0.25, 0.3) is 0 Å². The van der Waals surface area contributed by atoms with Gasteiger partial charge in [-0.3, -0.25) is 0 Å². The van der Waals surface area contributed by atoms with Crippen molar-refractivity contribution in [3.63, 3.8) is 0 Å². The summed E-state index contributed by atoms with van der Waals surface area (Å²) in [6.45, 7) is 8.03. The topological polar surface area (TPSA) is 44.8 Å². The van der Waals surface area contributed by atoms with Crippen molar-refractivity contribution in [2.45, 2.75) is 20.3 Å². The zero-order valence-corrected chi connectivity index (χ0v) is 13.2. The van der Waals surface area contributed by atoms with Crippen LogP contribution in [0.1, 0.15) is 18.9 Å². The number of nitrogens with one attached hydrogen (secondary N) is 1. The molecule has 5 nitrogen and oxygen atoms in total. The summed E-state index contributed by atoms with van der Waals surface area (Å²) >= 11 is 0. The molecule has 2 rings (SSSR count). The Morgan fingerprint density at radius 1 is 1.29 bits per heavy atom. The molecule has 0 radical (unpaired) electrons. The number of rotatable bonds is 4. The van der Waals surface area contributed by atoms with E-state index in [0.717, 1.165) is 50.6 Å². The summed E-state index contributed by atoms with van der Waals surface area (Å²) in [6, 6.07) is 6.25. The van der Waals surface area contributed by atoms with Crippen molar-refractivity contribution >= 4 is 11.7 Å². The van der Waals surface area contributed by atoms with Gasteiger partial charge < -0.3 is 19.9 Å². The summed E-state index contributed by atoms with van der Waals surface area (Å²) in [5.41, 5.74) is 2.33. The zero-order chi connectivity index (χ0) is 15.2. The minimum absolute atomic E-state index is 0.0488. The number of carbonyl (C=O) groups is 1. The molecule has 0 spiro atoms. The first kappa shape index (κ1) is 15.5. The third-order valence-corrected chi connectivity index (χ3v) is 3.77. The molecule has 0 unspecified atom stereocenters. The SMILES string of the molecule is CCCNC(=O)N1CCN(c2cc(C)ccc2OC)CC1. The second kappa shape index (κ2) is 7.20. The predicted molar refractivity (Wildman–Crippen MR) is 85.2 cm³/mol. The Kier molecular flexibility index (Phi) is 5.31. The third kappa shape index (κ3) is 3.80. The number of methoxy groups -OCH3 is 1. The number of hydrogen-bond acceptors (Lipinski definition) is 3. The van der Waals surface area contributed by atoms with Gasteiger partial charge in [-0.15, -0.1) is 0 Å². The third-order valence-electron chi connectivity index (χ3n) is 3.77. The number of urea groups is 1. The molecule has 1 aromatic carbocycles. The van der Waals surface area contributed by atoms with Crippen LogP contribution in [0.5, 0.6) is 5.75 Å². The summed E-state index contributed by atoms with van der Waals surface area (Å²) < 4.78 is 5.45. The Morgan fingerprint density at radius 3 is 2.62 bits per heavy atom. The van der Waals surface area contributed by atoms with Gasteiger partial charge in [0, 0.05) is 32.7 Å². The second-order valence-electron chi connectivity index (χ2n) is 5.38. The van der Waals surface area contributed by atoms with E-state index in [-0.39, 0.29) is 6.03 Å². The van der Waals surface area contributed by atoms with E-state index in [9.17, 15) is 4.79 Å². The quantitative estimate of drug-likeness (QED) is 0.925. The second-order valence-corrected chi connectivity index (χ2v) is 5.38. The Hall–Kier alpha value is -1.91. The highest BCUT2D eigenvalue weighted by Gasteiger charge is 2.22. The van der Waals surface area contributed by atoms with E-state index in [1.807, 2.05) is 11.0 Å². The number of amides is 2. The summed E-state index contributed by atoms with van der Waals surface area (Å²) in [5.74, 6) is 0.893. The van der Waals surface area contributed by atoms with Crippen molar-refractivity contribution in [1.82, 2.24) is 10.2 Å². The lowest BCUT2D eigenvalue weighted by molar-refractivity contribution is 0.194. The van der Waals surface area contributed by atoms with Crippen LogP contribution >= 0.6 is 0 Å². The minimum Gasteiger partial charge on any atom is -0.495 e. The molecule has 1 aliphatic rings. The molecule has 116 valence electrons. The maximum atomic E-state index is 11.9. The van der Waals surface area contributed by atoms with Gasteiger partial charge in [-0.25, -0.2) is 4.79 Å². The maximum absolute atomic E-state index is 11.9. The summed E-state index contributed by atoms with van der Waals surface area (Å²) in [6.07, 6.45) is 0.964. The first-order valence-electron chi connectivity index (χ1n) is 7.58. The first-order chi connectivity index (χ1) is 10.2. The predicted octanol–water partition coefficient (Wildman–Crippen LogP) is 2.25. The number of hydrogen-bond donors (Lipinski definition) is 1. The van der Waals surface area contributed by atoms with Crippen molar-refractivity contribution in [2.75, 3.05) is 44.7 Å². The molecule has 1 fully saturated rings. The fourth-order valence-corrected chi connectivity index (χ4v) is 2.54. The molecule has 1 aliphatic heterocycles. The van der Waals surface area contributed by atoms with Crippen LogP contribution in [-0.2, 0) is 0 Å². The molecular formula is C16H25N3O2. The standard InChI is InChI=1S/C16H25N3O2/c1-4-7-17-16(20)19-10-8-18(9-11-19)14-12-13(2)5-6-15(14)21-3/h5-6,12H,4,7-11H2,1-3H3,(H,17,20). The van der Waals surface area contributed by atoms with Gasteiger partial charge in [-0.1, -0.05) is 13.0 Å².